The van der Waals surface area contributed by atoms with Gasteiger partial charge < -0.3 is 19.6 Å². The lowest BCUT2D eigenvalue weighted by molar-refractivity contribution is 0.0598. The van der Waals surface area contributed by atoms with Gasteiger partial charge in [-0.25, -0.2) is 4.79 Å². The van der Waals surface area contributed by atoms with E-state index in [2.05, 4.69) is 51.1 Å². The molecule has 6 nitrogen and oxygen atoms in total. The molecule has 1 N–H and O–H groups in total. The number of rotatable bonds is 8. The van der Waals surface area contributed by atoms with Crippen molar-refractivity contribution in [2.75, 3.05) is 56.2 Å². The Morgan fingerprint density at radius 3 is 2.24 bits per heavy atom. The van der Waals surface area contributed by atoms with Crippen molar-refractivity contribution in [2.45, 2.75) is 6.54 Å². The summed E-state index contributed by atoms with van der Waals surface area (Å²) >= 11 is 0. The smallest absolute Gasteiger partial charge is 0.343 e. The fraction of sp³-hybridized carbons (Fsp3) is 0.296. The number of benzene rings is 3. The van der Waals surface area contributed by atoms with Gasteiger partial charge in [-0.1, -0.05) is 54.6 Å². The molecule has 4 rings (SSSR count). The van der Waals surface area contributed by atoms with Crippen LogP contribution in [-0.4, -0.2) is 62.4 Å². The molecule has 0 aromatic heterocycles. The summed E-state index contributed by atoms with van der Waals surface area (Å²) in [6.45, 7) is 6.18. The van der Waals surface area contributed by atoms with Crippen LogP contribution in [0.2, 0.25) is 0 Å². The summed E-state index contributed by atoms with van der Waals surface area (Å²) in [5.74, 6) is -0.591. The van der Waals surface area contributed by atoms with Crippen molar-refractivity contribution in [3.05, 3.63) is 90.0 Å². The number of aromatic hydroxyl groups is 1. The van der Waals surface area contributed by atoms with Crippen LogP contribution < -0.4 is 9.80 Å². The highest BCUT2D eigenvalue weighted by Crippen LogP contribution is 2.30. The second-order valence-electron chi connectivity index (χ2n) is 8.23. The average molecular weight is 446 g/mol. The number of nitrogens with zero attached hydrogens (tertiary/aromatic N) is 3. The molecular formula is C27H31N3O3. The molecule has 0 bridgehead atoms. The lowest BCUT2D eigenvalue weighted by atomic mass is 10.1. The van der Waals surface area contributed by atoms with Crippen LogP contribution >= 0.6 is 0 Å². The predicted molar refractivity (Wildman–Crippen MR) is 132 cm³/mol. The first kappa shape index (κ1) is 22.7. The third-order valence-electron chi connectivity index (χ3n) is 6.15. The lowest BCUT2D eigenvalue weighted by Crippen LogP contribution is -2.48. The van der Waals surface area contributed by atoms with Gasteiger partial charge in [-0.05, 0) is 29.8 Å². The van der Waals surface area contributed by atoms with Crippen LogP contribution in [0, 0.1) is 0 Å². The Balaban J connectivity index is 1.48. The van der Waals surface area contributed by atoms with Crippen LogP contribution in [0.3, 0.4) is 0 Å². The van der Waals surface area contributed by atoms with Gasteiger partial charge in [0.05, 0.1) is 12.8 Å². The van der Waals surface area contributed by atoms with Gasteiger partial charge in [0.2, 0.25) is 0 Å². The predicted octanol–water partition coefficient (Wildman–Crippen LogP) is 4.01. The first-order valence-electron chi connectivity index (χ1n) is 11.4. The van der Waals surface area contributed by atoms with Crippen molar-refractivity contribution in [3.63, 3.8) is 0 Å². The molecule has 1 aliphatic rings. The summed E-state index contributed by atoms with van der Waals surface area (Å²) in [6.07, 6.45) is 0. The Bertz CT molecular complexity index is 1030. The van der Waals surface area contributed by atoms with E-state index < -0.39 is 5.97 Å². The number of carbonyl (C=O) groups is 1. The topological polar surface area (TPSA) is 56.3 Å². The van der Waals surface area contributed by atoms with E-state index in [0.29, 0.717) is 12.2 Å². The Kier molecular flexibility index (Phi) is 7.47. The van der Waals surface area contributed by atoms with E-state index in [-0.39, 0.29) is 11.3 Å². The maximum absolute atomic E-state index is 12.5. The number of carbonyl (C=O) groups excluding carboxylic acids is 1. The molecule has 3 aromatic carbocycles. The van der Waals surface area contributed by atoms with E-state index in [1.54, 1.807) is 6.07 Å². The molecule has 33 heavy (non-hydrogen) atoms. The van der Waals surface area contributed by atoms with Gasteiger partial charge in [0, 0.05) is 51.5 Å². The van der Waals surface area contributed by atoms with Crippen LogP contribution in [0.4, 0.5) is 11.4 Å². The molecule has 0 aliphatic carbocycles. The van der Waals surface area contributed by atoms with E-state index in [4.69, 9.17) is 4.74 Å². The van der Waals surface area contributed by atoms with E-state index in [1.165, 1.54) is 18.9 Å². The Labute approximate surface area is 195 Å². The Hall–Kier alpha value is -3.51. The molecule has 0 unspecified atom stereocenters. The standard InChI is InChI=1S/C27H31N3O3/c1-33-27(32)26-24(13-8-14-25(26)31)30(21-22-9-4-2-5-10-22)20-17-28-15-18-29(19-16-28)23-11-6-3-7-12-23/h2-14,31H,15-21H2,1H3. The third kappa shape index (κ3) is 5.65. The van der Waals surface area contributed by atoms with E-state index in [0.717, 1.165) is 44.8 Å². The number of phenolic OH excluding ortho intramolecular Hbond substituents is 1. The molecule has 3 aromatic rings. The summed E-state index contributed by atoms with van der Waals surface area (Å²) in [5.41, 5.74) is 3.31. The zero-order valence-electron chi connectivity index (χ0n) is 19.1. The van der Waals surface area contributed by atoms with Gasteiger partial charge in [0.15, 0.2) is 0 Å². The highest BCUT2D eigenvalue weighted by molar-refractivity contribution is 5.98. The van der Waals surface area contributed by atoms with Gasteiger partial charge in [-0.15, -0.1) is 0 Å². The van der Waals surface area contributed by atoms with E-state index in [9.17, 15) is 9.90 Å². The number of piperazine rings is 1. The van der Waals surface area contributed by atoms with Gasteiger partial charge in [-0.2, -0.15) is 0 Å². The minimum Gasteiger partial charge on any atom is -0.507 e. The first-order chi connectivity index (χ1) is 16.2. The molecule has 1 heterocycles. The molecule has 1 fully saturated rings. The highest BCUT2D eigenvalue weighted by atomic mass is 16.5. The molecule has 0 atom stereocenters. The zero-order valence-corrected chi connectivity index (χ0v) is 19.1. The summed E-state index contributed by atoms with van der Waals surface area (Å²) in [7, 11) is 1.34. The number of para-hydroxylation sites is 1. The number of methoxy groups -OCH3 is 1. The molecule has 0 radical (unpaired) electrons. The van der Waals surface area contributed by atoms with Crippen LogP contribution in [-0.2, 0) is 11.3 Å². The molecule has 6 heteroatoms. The second kappa shape index (κ2) is 10.9. The minimum absolute atomic E-state index is 0.0612. The van der Waals surface area contributed by atoms with Crippen LogP contribution in [0.1, 0.15) is 15.9 Å². The average Bonchev–Trinajstić information content (AvgIpc) is 2.87. The molecule has 1 aliphatic heterocycles. The van der Waals surface area contributed by atoms with Gasteiger partial charge >= 0.3 is 5.97 Å². The SMILES string of the molecule is COC(=O)c1c(O)cccc1N(CCN1CCN(c2ccccc2)CC1)Cc1ccccc1. The summed E-state index contributed by atoms with van der Waals surface area (Å²) in [4.78, 5) is 19.5. The van der Waals surface area contributed by atoms with Crippen LogP contribution in [0.5, 0.6) is 5.75 Å². The number of esters is 1. The fourth-order valence-corrected chi connectivity index (χ4v) is 4.32. The van der Waals surface area contributed by atoms with Crippen molar-refractivity contribution in [2.24, 2.45) is 0 Å². The molecule has 0 saturated carbocycles. The molecular weight excluding hydrogens is 414 g/mol. The van der Waals surface area contributed by atoms with Crippen LogP contribution in [0.25, 0.3) is 0 Å². The maximum atomic E-state index is 12.5. The van der Waals surface area contributed by atoms with E-state index >= 15 is 0 Å². The number of hydrogen-bond donors (Lipinski definition) is 1. The number of ether oxygens (including phenoxy) is 1. The van der Waals surface area contributed by atoms with Crippen molar-refractivity contribution >= 4 is 17.3 Å². The fourth-order valence-electron chi connectivity index (χ4n) is 4.32. The summed E-state index contributed by atoms with van der Waals surface area (Å²) in [6, 6.07) is 25.9. The summed E-state index contributed by atoms with van der Waals surface area (Å²) < 4.78 is 4.96. The zero-order chi connectivity index (χ0) is 23.0. The molecule has 1 saturated heterocycles. The van der Waals surface area contributed by atoms with Crippen LogP contribution in [0.15, 0.2) is 78.9 Å². The Morgan fingerprint density at radius 2 is 1.58 bits per heavy atom. The van der Waals surface area contributed by atoms with Crippen molar-refractivity contribution in [1.82, 2.24) is 4.90 Å². The van der Waals surface area contributed by atoms with E-state index in [1.807, 2.05) is 30.3 Å². The number of hydrogen-bond acceptors (Lipinski definition) is 6. The quantitative estimate of drug-likeness (QED) is 0.529. The normalized spacial score (nSPS) is 14.2. The van der Waals surface area contributed by atoms with Crippen molar-refractivity contribution < 1.29 is 14.6 Å². The molecule has 0 amide bonds. The minimum atomic E-state index is -0.530. The lowest BCUT2D eigenvalue weighted by Gasteiger charge is -2.37. The van der Waals surface area contributed by atoms with Crippen molar-refractivity contribution in [3.8, 4) is 5.75 Å². The van der Waals surface area contributed by atoms with Gasteiger partial charge in [0.1, 0.15) is 11.3 Å². The third-order valence-corrected chi connectivity index (χ3v) is 6.15. The second-order valence-corrected chi connectivity index (χ2v) is 8.23. The van der Waals surface area contributed by atoms with Crippen molar-refractivity contribution in [1.29, 1.82) is 0 Å². The molecule has 172 valence electrons. The van der Waals surface area contributed by atoms with Gasteiger partial charge in [-0.3, -0.25) is 4.90 Å². The Morgan fingerprint density at radius 1 is 0.909 bits per heavy atom. The first-order valence-corrected chi connectivity index (χ1v) is 11.4. The monoisotopic (exact) mass is 445 g/mol. The summed E-state index contributed by atoms with van der Waals surface area (Å²) in [5, 5.41) is 10.4. The molecule has 0 spiro atoms. The maximum Gasteiger partial charge on any atom is 0.343 e. The number of anilines is 2. The number of phenols is 1. The van der Waals surface area contributed by atoms with Gasteiger partial charge in [0.25, 0.3) is 0 Å². The highest BCUT2D eigenvalue weighted by Gasteiger charge is 2.23. The largest absolute Gasteiger partial charge is 0.507 e.